The Morgan fingerprint density at radius 1 is 1.12 bits per heavy atom. The molecule has 1 aromatic carbocycles. The van der Waals surface area contributed by atoms with E-state index in [9.17, 15) is 0 Å². The van der Waals surface area contributed by atoms with E-state index in [1.165, 1.54) is 5.56 Å². The van der Waals surface area contributed by atoms with Crippen LogP contribution in [0.2, 0.25) is 0 Å². The molecule has 0 aliphatic carbocycles. The normalized spacial score (nSPS) is 19.8. The topological polar surface area (TPSA) is 59.5 Å². The van der Waals surface area contributed by atoms with Crippen LogP contribution < -0.4 is 15.0 Å². The Labute approximate surface area is 141 Å². The number of nitrogens with zero attached hydrogens (tertiary/aromatic N) is 3. The molecule has 1 atom stereocenters. The largest absolute Gasteiger partial charge is 0.488 e. The minimum Gasteiger partial charge on any atom is -0.488 e. The van der Waals surface area contributed by atoms with E-state index in [2.05, 4.69) is 32.3 Å². The van der Waals surface area contributed by atoms with Gasteiger partial charge in [0.2, 0.25) is 5.95 Å². The van der Waals surface area contributed by atoms with Crippen LogP contribution in [0.1, 0.15) is 11.1 Å². The van der Waals surface area contributed by atoms with Crippen molar-refractivity contribution < 1.29 is 9.47 Å². The van der Waals surface area contributed by atoms with Gasteiger partial charge in [-0.2, -0.15) is 0 Å². The van der Waals surface area contributed by atoms with Crippen LogP contribution in [0.4, 0.5) is 5.95 Å². The van der Waals surface area contributed by atoms with E-state index in [-0.39, 0.29) is 6.10 Å². The van der Waals surface area contributed by atoms with E-state index in [0.717, 1.165) is 63.1 Å². The lowest BCUT2D eigenvalue weighted by atomic mass is 10.1. The molecule has 0 bridgehead atoms. The minimum absolute atomic E-state index is 0.205. The second kappa shape index (κ2) is 7.15. The first kappa shape index (κ1) is 15.4. The van der Waals surface area contributed by atoms with Crippen molar-refractivity contribution in [2.24, 2.45) is 0 Å². The summed E-state index contributed by atoms with van der Waals surface area (Å²) in [6.45, 7) is 4.78. The molecule has 2 aliphatic rings. The zero-order valence-electron chi connectivity index (χ0n) is 13.6. The molecule has 1 fully saturated rings. The van der Waals surface area contributed by atoms with Crippen molar-refractivity contribution in [2.45, 2.75) is 19.1 Å². The monoisotopic (exact) mass is 326 g/mol. The number of para-hydroxylation sites is 1. The van der Waals surface area contributed by atoms with Gasteiger partial charge in [-0.15, -0.1) is 0 Å². The zero-order valence-corrected chi connectivity index (χ0v) is 13.6. The fraction of sp³-hybridized carbons (Fsp3) is 0.444. The van der Waals surface area contributed by atoms with Gasteiger partial charge in [-0.3, -0.25) is 0 Å². The Morgan fingerprint density at radius 3 is 2.71 bits per heavy atom. The van der Waals surface area contributed by atoms with E-state index < -0.39 is 0 Å². The third-order valence-corrected chi connectivity index (χ3v) is 4.40. The summed E-state index contributed by atoms with van der Waals surface area (Å²) in [5.74, 6) is 1.80. The van der Waals surface area contributed by atoms with Crippen LogP contribution in [0.15, 0.2) is 36.7 Å². The Morgan fingerprint density at radius 2 is 1.92 bits per heavy atom. The van der Waals surface area contributed by atoms with Gasteiger partial charge in [0, 0.05) is 50.6 Å². The van der Waals surface area contributed by atoms with Crippen molar-refractivity contribution >= 4 is 5.95 Å². The number of benzene rings is 1. The summed E-state index contributed by atoms with van der Waals surface area (Å²) in [5.41, 5.74) is 2.38. The third kappa shape index (κ3) is 3.49. The first-order chi connectivity index (χ1) is 11.9. The summed E-state index contributed by atoms with van der Waals surface area (Å²) in [6.07, 6.45) is 4.97. The number of aromatic nitrogens is 2. The van der Waals surface area contributed by atoms with E-state index in [0.29, 0.717) is 0 Å². The van der Waals surface area contributed by atoms with Gasteiger partial charge in [0.1, 0.15) is 11.9 Å². The molecule has 126 valence electrons. The molecule has 0 saturated carbocycles. The second-order valence-corrected chi connectivity index (χ2v) is 6.17. The molecule has 1 aromatic heterocycles. The van der Waals surface area contributed by atoms with Crippen LogP contribution in [0.3, 0.4) is 0 Å². The van der Waals surface area contributed by atoms with Crippen LogP contribution in [-0.4, -0.2) is 48.9 Å². The van der Waals surface area contributed by atoms with Crippen LogP contribution in [-0.2, 0) is 17.7 Å². The molecule has 2 aromatic rings. The molecule has 0 radical (unpaired) electrons. The lowest BCUT2D eigenvalue weighted by molar-refractivity contribution is 0.122. The lowest BCUT2D eigenvalue weighted by Gasteiger charge is -2.26. The average molecular weight is 326 g/mol. The molecule has 24 heavy (non-hydrogen) atoms. The first-order valence-corrected chi connectivity index (χ1v) is 8.47. The SMILES string of the molecule is c1ccc2c(c1)CC(CNCc1cnc(N3CCOCC3)nc1)O2. The predicted octanol–water partition coefficient (Wildman–Crippen LogP) is 1.41. The zero-order chi connectivity index (χ0) is 16.2. The fourth-order valence-electron chi connectivity index (χ4n) is 3.11. The number of hydrogen-bond donors (Lipinski definition) is 1. The van der Waals surface area contributed by atoms with Crippen molar-refractivity contribution in [1.82, 2.24) is 15.3 Å². The summed E-state index contributed by atoms with van der Waals surface area (Å²) >= 11 is 0. The number of hydrogen-bond acceptors (Lipinski definition) is 6. The molecule has 4 rings (SSSR count). The summed E-state index contributed by atoms with van der Waals surface area (Å²) in [7, 11) is 0. The Balaban J connectivity index is 1.25. The van der Waals surface area contributed by atoms with Crippen molar-refractivity contribution in [3.63, 3.8) is 0 Å². The molecule has 1 unspecified atom stereocenters. The molecular formula is C18H22N4O2. The second-order valence-electron chi connectivity index (χ2n) is 6.17. The summed E-state index contributed by atoms with van der Waals surface area (Å²) in [4.78, 5) is 11.1. The molecule has 1 saturated heterocycles. The maximum Gasteiger partial charge on any atom is 0.225 e. The number of morpholine rings is 1. The number of rotatable bonds is 5. The lowest BCUT2D eigenvalue weighted by Crippen LogP contribution is -2.37. The number of ether oxygens (including phenoxy) is 2. The van der Waals surface area contributed by atoms with Crippen LogP contribution in [0.5, 0.6) is 5.75 Å². The van der Waals surface area contributed by atoms with Crippen LogP contribution in [0.25, 0.3) is 0 Å². The maximum absolute atomic E-state index is 5.93. The van der Waals surface area contributed by atoms with Crippen molar-refractivity contribution in [2.75, 3.05) is 37.7 Å². The molecule has 1 N–H and O–H groups in total. The third-order valence-electron chi connectivity index (χ3n) is 4.40. The summed E-state index contributed by atoms with van der Waals surface area (Å²) in [6, 6.07) is 8.24. The quantitative estimate of drug-likeness (QED) is 0.896. The Bertz CT molecular complexity index is 646. The number of anilines is 1. The van der Waals surface area contributed by atoms with Gasteiger partial charge in [0.25, 0.3) is 0 Å². The first-order valence-electron chi connectivity index (χ1n) is 8.47. The molecule has 2 aliphatic heterocycles. The van der Waals surface area contributed by atoms with Gasteiger partial charge >= 0.3 is 0 Å². The predicted molar refractivity (Wildman–Crippen MR) is 91.3 cm³/mol. The van der Waals surface area contributed by atoms with Crippen molar-refractivity contribution in [1.29, 1.82) is 0 Å². The van der Waals surface area contributed by atoms with E-state index >= 15 is 0 Å². The molecule has 3 heterocycles. The van der Waals surface area contributed by atoms with Crippen LogP contribution >= 0.6 is 0 Å². The standard InChI is InChI=1S/C18H22N4O2/c1-2-4-17-15(3-1)9-16(24-17)13-19-10-14-11-20-18(21-12-14)22-5-7-23-8-6-22/h1-4,11-12,16,19H,5-10,13H2. The van der Waals surface area contributed by atoms with Crippen molar-refractivity contribution in [3.05, 3.63) is 47.8 Å². The highest BCUT2D eigenvalue weighted by Crippen LogP contribution is 2.27. The number of nitrogens with one attached hydrogen (secondary N) is 1. The van der Waals surface area contributed by atoms with Gasteiger partial charge in [-0.1, -0.05) is 18.2 Å². The van der Waals surface area contributed by atoms with E-state index in [4.69, 9.17) is 9.47 Å². The summed E-state index contributed by atoms with van der Waals surface area (Å²) < 4.78 is 11.3. The van der Waals surface area contributed by atoms with Gasteiger partial charge in [-0.05, 0) is 11.6 Å². The highest BCUT2D eigenvalue weighted by Gasteiger charge is 2.21. The Kier molecular flexibility index (Phi) is 4.57. The summed E-state index contributed by atoms with van der Waals surface area (Å²) in [5, 5.41) is 3.44. The highest BCUT2D eigenvalue weighted by atomic mass is 16.5. The molecule has 6 nitrogen and oxygen atoms in total. The van der Waals surface area contributed by atoms with Gasteiger partial charge in [0.05, 0.1) is 13.2 Å². The average Bonchev–Trinajstić information content (AvgIpc) is 3.06. The van der Waals surface area contributed by atoms with Gasteiger partial charge in [-0.25, -0.2) is 9.97 Å². The van der Waals surface area contributed by atoms with E-state index in [1.54, 1.807) is 0 Å². The van der Waals surface area contributed by atoms with Crippen LogP contribution in [0, 0.1) is 0 Å². The molecule has 0 amide bonds. The fourth-order valence-corrected chi connectivity index (χ4v) is 3.11. The minimum atomic E-state index is 0.205. The maximum atomic E-state index is 5.93. The molecule has 6 heteroatoms. The van der Waals surface area contributed by atoms with Crippen molar-refractivity contribution in [3.8, 4) is 5.75 Å². The van der Waals surface area contributed by atoms with Gasteiger partial charge < -0.3 is 19.7 Å². The Hall–Kier alpha value is -2.18. The van der Waals surface area contributed by atoms with E-state index in [1.807, 2.05) is 24.5 Å². The molecular weight excluding hydrogens is 304 g/mol. The number of fused-ring (bicyclic) bond motifs is 1. The molecule has 0 spiro atoms. The smallest absolute Gasteiger partial charge is 0.225 e. The van der Waals surface area contributed by atoms with Gasteiger partial charge in [0.15, 0.2) is 0 Å². The highest BCUT2D eigenvalue weighted by molar-refractivity contribution is 5.37.